The summed E-state index contributed by atoms with van der Waals surface area (Å²) >= 11 is 0. The number of non-ortho nitro benzene ring substituents is 1. The molecule has 2 aromatic heterocycles. The smallest absolute Gasteiger partial charge is 0.345 e. The van der Waals surface area contributed by atoms with E-state index in [-0.39, 0.29) is 5.69 Å². The summed E-state index contributed by atoms with van der Waals surface area (Å²) < 4.78 is 115. The fraction of sp³-hybridized carbons (Fsp3) is 0.125. The molecule has 4 rings (SSSR count). The average Bonchev–Trinajstić information content (AvgIpc) is 3.41. The van der Waals surface area contributed by atoms with E-state index < -0.39 is 36.2 Å². The fourth-order valence-electron chi connectivity index (χ4n) is 1.92. The van der Waals surface area contributed by atoms with Crippen LogP contribution in [0, 0.1) is 10.1 Å². The zero-order valence-electron chi connectivity index (χ0n) is 17.5. The number of imidazole rings is 2. The van der Waals surface area contributed by atoms with Crippen molar-refractivity contribution in [2.45, 2.75) is 11.0 Å². The van der Waals surface area contributed by atoms with Crippen molar-refractivity contribution in [3.63, 3.8) is 0 Å². The molecular formula is C16H13F6N5O8S2. The number of nitro benzene ring substituents is 1. The number of halogens is 6. The van der Waals surface area contributed by atoms with Gasteiger partial charge in [-0.25, -0.2) is 9.97 Å². The number of H-pyrrole nitrogens is 2. The summed E-state index contributed by atoms with van der Waals surface area (Å²) in [6.45, 7) is 0. The average molecular weight is 581 g/mol. The van der Waals surface area contributed by atoms with Crippen LogP contribution in [-0.2, 0) is 20.2 Å². The van der Waals surface area contributed by atoms with Crippen molar-refractivity contribution in [2.24, 2.45) is 0 Å². The maximum absolute atomic E-state index is 10.7. The van der Waals surface area contributed by atoms with Crippen LogP contribution in [-0.4, -0.2) is 61.8 Å². The Bertz CT molecular complexity index is 1480. The molecule has 0 amide bonds. The van der Waals surface area contributed by atoms with Gasteiger partial charge in [-0.05, 0) is 18.2 Å². The zero-order chi connectivity index (χ0) is 28.7. The molecule has 0 spiro atoms. The minimum absolute atomic E-state index is 0.0757. The van der Waals surface area contributed by atoms with Gasteiger partial charge in [-0.3, -0.25) is 19.2 Å². The standard InChI is InChI=1S/C7H5N3O2.C7H6N2.2CHF3O3S/c11-10(12)5-1-2-6-7(3-5)9-4-8-6;1-2-4-7-6(3-1)8-5-9-7;2*2-1(3,4)8(5,6)7/h1-4H,(H,8,9);1-5H,(H,8,9);2*(H,5,6,7). The molecule has 0 aliphatic heterocycles. The van der Waals surface area contributed by atoms with Crippen LogP contribution in [0.25, 0.3) is 22.1 Å². The largest absolute Gasteiger partial charge is 0.522 e. The molecular weight excluding hydrogens is 568 g/mol. The van der Waals surface area contributed by atoms with Crippen LogP contribution >= 0.6 is 0 Å². The number of benzene rings is 2. The van der Waals surface area contributed by atoms with Crippen molar-refractivity contribution in [3.05, 3.63) is 65.2 Å². The van der Waals surface area contributed by atoms with E-state index in [2.05, 4.69) is 19.9 Å². The molecule has 13 nitrogen and oxygen atoms in total. The third kappa shape index (κ3) is 9.98. The van der Waals surface area contributed by atoms with E-state index in [0.717, 1.165) is 16.6 Å². The molecule has 21 heteroatoms. The second-order valence-electron chi connectivity index (χ2n) is 6.12. The normalized spacial score (nSPS) is 11.9. The highest BCUT2D eigenvalue weighted by atomic mass is 32.2. The summed E-state index contributed by atoms with van der Waals surface area (Å²) in [6, 6.07) is 12.5. The van der Waals surface area contributed by atoms with Crippen LogP contribution in [0.5, 0.6) is 0 Å². The van der Waals surface area contributed by atoms with Crippen LogP contribution in [0.3, 0.4) is 0 Å². The fourth-order valence-corrected chi connectivity index (χ4v) is 1.92. The molecule has 0 saturated carbocycles. The third-order valence-corrected chi connectivity index (χ3v) is 4.70. The molecule has 0 radical (unpaired) electrons. The first-order valence-electron chi connectivity index (χ1n) is 8.77. The Morgan fingerprint density at radius 1 is 0.757 bits per heavy atom. The van der Waals surface area contributed by atoms with E-state index in [1.807, 2.05) is 24.3 Å². The molecule has 37 heavy (non-hydrogen) atoms. The van der Waals surface area contributed by atoms with E-state index in [0.29, 0.717) is 5.52 Å². The van der Waals surface area contributed by atoms with Gasteiger partial charge >= 0.3 is 31.3 Å². The van der Waals surface area contributed by atoms with Crippen molar-refractivity contribution < 1.29 is 57.2 Å². The molecule has 0 aliphatic carbocycles. The lowest BCUT2D eigenvalue weighted by molar-refractivity contribution is -0.384. The summed E-state index contributed by atoms with van der Waals surface area (Å²) in [5.74, 6) is 0. The van der Waals surface area contributed by atoms with E-state index >= 15 is 0 Å². The van der Waals surface area contributed by atoms with E-state index in [1.165, 1.54) is 18.5 Å². The number of nitrogens with one attached hydrogen (secondary N) is 2. The highest BCUT2D eigenvalue weighted by Crippen LogP contribution is 2.21. The van der Waals surface area contributed by atoms with Gasteiger partial charge in [-0.2, -0.15) is 43.2 Å². The highest BCUT2D eigenvalue weighted by Gasteiger charge is 2.45. The summed E-state index contributed by atoms with van der Waals surface area (Å²) in [6.07, 6.45) is 3.21. The number of para-hydroxylation sites is 2. The number of rotatable bonds is 1. The molecule has 4 aromatic rings. The number of hydrogen-bond acceptors (Lipinski definition) is 8. The Kier molecular flexibility index (Phi) is 10.1. The maximum Gasteiger partial charge on any atom is 0.522 e. The number of aromatic nitrogens is 4. The quantitative estimate of drug-likeness (QED) is 0.0839. The van der Waals surface area contributed by atoms with Crippen LogP contribution < -0.4 is 0 Å². The Morgan fingerprint density at radius 3 is 1.57 bits per heavy atom. The SMILES string of the molecule is O=S(=O)(O)C(F)(F)F.O=S(=O)(O)C(F)(F)F.O=[N+]([O-])c1ccc2nc[nH]c2c1.c1ccc2[nH]cnc2c1. The second-order valence-corrected chi connectivity index (χ2v) is 8.95. The van der Waals surface area contributed by atoms with Gasteiger partial charge in [0.25, 0.3) is 5.69 Å². The van der Waals surface area contributed by atoms with Gasteiger partial charge in [0.1, 0.15) is 0 Å². The molecule has 0 bridgehead atoms. The number of aromatic amines is 2. The molecule has 0 aliphatic rings. The minimum atomic E-state index is -5.84. The molecule has 2 heterocycles. The third-order valence-electron chi connectivity index (χ3n) is 3.53. The van der Waals surface area contributed by atoms with Gasteiger partial charge in [-0.1, -0.05) is 12.1 Å². The molecule has 4 N–H and O–H groups in total. The molecule has 2 aromatic carbocycles. The van der Waals surface area contributed by atoms with E-state index in [4.69, 9.17) is 25.9 Å². The molecule has 0 atom stereocenters. The number of nitro groups is 1. The lowest BCUT2D eigenvalue weighted by Crippen LogP contribution is -2.21. The number of alkyl halides is 6. The number of fused-ring (bicyclic) bond motifs is 2. The first-order valence-corrected chi connectivity index (χ1v) is 11.6. The zero-order valence-corrected chi connectivity index (χ0v) is 19.1. The van der Waals surface area contributed by atoms with Gasteiger partial charge in [0.2, 0.25) is 0 Å². The van der Waals surface area contributed by atoms with Crippen LogP contribution in [0.2, 0.25) is 0 Å². The van der Waals surface area contributed by atoms with Crippen molar-refractivity contribution >= 4 is 48.0 Å². The van der Waals surface area contributed by atoms with Crippen molar-refractivity contribution in [1.82, 2.24) is 19.9 Å². The maximum atomic E-state index is 10.7. The Labute approximate surface area is 201 Å². The Balaban J connectivity index is 0.000000252. The monoisotopic (exact) mass is 581 g/mol. The van der Waals surface area contributed by atoms with Gasteiger partial charge in [0.05, 0.1) is 39.6 Å². The van der Waals surface area contributed by atoms with Crippen LogP contribution in [0.1, 0.15) is 0 Å². The van der Waals surface area contributed by atoms with Gasteiger partial charge in [0, 0.05) is 12.1 Å². The Hall–Kier alpha value is -3.82. The van der Waals surface area contributed by atoms with E-state index in [9.17, 15) is 36.5 Å². The molecule has 0 fully saturated rings. The predicted molar refractivity (Wildman–Crippen MR) is 114 cm³/mol. The number of hydrogen-bond donors (Lipinski definition) is 4. The van der Waals surface area contributed by atoms with Gasteiger partial charge < -0.3 is 9.97 Å². The second kappa shape index (κ2) is 11.9. The van der Waals surface area contributed by atoms with Crippen LogP contribution in [0.15, 0.2) is 55.1 Å². The molecule has 0 unspecified atom stereocenters. The van der Waals surface area contributed by atoms with Crippen molar-refractivity contribution in [2.75, 3.05) is 0 Å². The Morgan fingerprint density at radius 2 is 1.16 bits per heavy atom. The molecule has 0 saturated heterocycles. The molecule has 204 valence electrons. The summed E-state index contributed by atoms with van der Waals surface area (Å²) in [5, 5.41) is 10.3. The van der Waals surface area contributed by atoms with Crippen LogP contribution in [0.4, 0.5) is 32.0 Å². The first kappa shape index (κ1) is 31.2. The highest BCUT2D eigenvalue weighted by molar-refractivity contribution is 7.86. The first-order chi connectivity index (χ1) is 16.7. The van der Waals surface area contributed by atoms with Crippen molar-refractivity contribution in [3.8, 4) is 0 Å². The lowest BCUT2D eigenvalue weighted by atomic mass is 10.3. The summed E-state index contributed by atoms with van der Waals surface area (Å²) in [5.41, 5.74) is -7.45. The van der Waals surface area contributed by atoms with Gasteiger partial charge in [-0.15, -0.1) is 0 Å². The number of nitrogens with zero attached hydrogens (tertiary/aromatic N) is 3. The lowest BCUT2D eigenvalue weighted by Gasteiger charge is -1.97. The topological polar surface area (TPSA) is 209 Å². The predicted octanol–water partition coefficient (Wildman–Crippen LogP) is 3.82. The van der Waals surface area contributed by atoms with Crippen molar-refractivity contribution in [1.29, 1.82) is 0 Å². The van der Waals surface area contributed by atoms with E-state index in [1.54, 1.807) is 12.4 Å². The summed E-state index contributed by atoms with van der Waals surface area (Å²) in [4.78, 5) is 23.7. The minimum Gasteiger partial charge on any atom is -0.345 e. The summed E-state index contributed by atoms with van der Waals surface area (Å²) in [7, 11) is -11.7. The van der Waals surface area contributed by atoms with Gasteiger partial charge in [0.15, 0.2) is 0 Å².